The van der Waals surface area contributed by atoms with Crippen molar-refractivity contribution < 1.29 is 17.9 Å². The van der Waals surface area contributed by atoms with Gasteiger partial charge in [0.25, 0.3) is 5.91 Å². The summed E-state index contributed by atoms with van der Waals surface area (Å²) in [7, 11) is -1.55. The first kappa shape index (κ1) is 19.6. The number of sulfonamides is 1. The lowest BCUT2D eigenvalue weighted by Gasteiger charge is -2.36. The molecule has 154 valence electrons. The van der Waals surface area contributed by atoms with Crippen LogP contribution in [0.4, 0.5) is 11.4 Å². The molecule has 2 fully saturated rings. The monoisotopic (exact) mass is 415 g/mol. The molecule has 4 rings (SSSR count). The fraction of sp³-hybridized carbons (Fsp3) is 0.381. The summed E-state index contributed by atoms with van der Waals surface area (Å²) >= 11 is 0. The number of nitrogens with zero attached hydrogens (tertiary/aromatic N) is 3. The molecule has 0 spiro atoms. The molecule has 29 heavy (non-hydrogen) atoms. The van der Waals surface area contributed by atoms with Crippen LogP contribution in [-0.2, 0) is 10.0 Å². The number of carbonyl (C=O) groups is 1. The molecule has 0 aromatic heterocycles. The maximum atomic E-state index is 12.9. The van der Waals surface area contributed by atoms with Crippen molar-refractivity contribution in [3.63, 3.8) is 0 Å². The van der Waals surface area contributed by atoms with Crippen LogP contribution in [0.3, 0.4) is 0 Å². The van der Waals surface area contributed by atoms with E-state index in [0.29, 0.717) is 37.3 Å². The molecule has 2 heterocycles. The van der Waals surface area contributed by atoms with Gasteiger partial charge in [-0.05, 0) is 42.8 Å². The van der Waals surface area contributed by atoms with Gasteiger partial charge < -0.3 is 14.5 Å². The van der Waals surface area contributed by atoms with Gasteiger partial charge in [0, 0.05) is 50.0 Å². The smallest absolute Gasteiger partial charge is 0.253 e. The standard InChI is InChI=1S/C21H25N3O4S/c1-28-20-5-2-4-19(16-20)22-11-13-23(14-12-22)21(25)17-6-8-18(9-7-17)24-10-3-15-29(24,26)27/h2,4-9,16H,3,10-15H2,1H3. The quantitative estimate of drug-likeness (QED) is 0.766. The van der Waals surface area contributed by atoms with E-state index in [0.717, 1.165) is 24.5 Å². The number of anilines is 2. The zero-order valence-electron chi connectivity index (χ0n) is 16.5. The summed E-state index contributed by atoms with van der Waals surface area (Å²) in [4.78, 5) is 16.9. The molecule has 0 radical (unpaired) electrons. The van der Waals surface area contributed by atoms with Gasteiger partial charge in [0.05, 0.1) is 18.6 Å². The molecule has 2 saturated heterocycles. The van der Waals surface area contributed by atoms with Crippen LogP contribution in [0.25, 0.3) is 0 Å². The van der Waals surface area contributed by atoms with Crippen LogP contribution in [0.5, 0.6) is 5.75 Å². The third kappa shape index (κ3) is 4.03. The predicted octanol–water partition coefficient (Wildman–Crippen LogP) is 2.20. The molecule has 0 saturated carbocycles. The van der Waals surface area contributed by atoms with Crippen LogP contribution in [-0.4, -0.2) is 64.8 Å². The maximum absolute atomic E-state index is 12.9. The zero-order valence-corrected chi connectivity index (χ0v) is 17.3. The van der Waals surface area contributed by atoms with E-state index in [4.69, 9.17) is 4.74 Å². The van der Waals surface area contributed by atoms with Crippen LogP contribution in [0.2, 0.25) is 0 Å². The molecule has 2 aliphatic rings. The summed E-state index contributed by atoms with van der Waals surface area (Å²) in [6.45, 7) is 3.28. The van der Waals surface area contributed by atoms with Gasteiger partial charge in [-0.15, -0.1) is 0 Å². The summed E-state index contributed by atoms with van der Waals surface area (Å²) in [6, 6.07) is 14.8. The van der Waals surface area contributed by atoms with Crippen LogP contribution >= 0.6 is 0 Å². The number of amides is 1. The molecule has 2 aliphatic heterocycles. The Morgan fingerprint density at radius 2 is 1.66 bits per heavy atom. The van der Waals surface area contributed by atoms with E-state index in [9.17, 15) is 13.2 Å². The minimum Gasteiger partial charge on any atom is -0.497 e. The Hall–Kier alpha value is -2.74. The lowest BCUT2D eigenvalue weighted by atomic mass is 10.1. The first-order valence-electron chi connectivity index (χ1n) is 9.77. The molecule has 0 N–H and O–H groups in total. The van der Waals surface area contributed by atoms with Crippen LogP contribution < -0.4 is 13.9 Å². The van der Waals surface area contributed by atoms with Gasteiger partial charge in [-0.2, -0.15) is 0 Å². The first-order chi connectivity index (χ1) is 14.0. The molecule has 0 atom stereocenters. The van der Waals surface area contributed by atoms with Crippen molar-refractivity contribution in [3.05, 3.63) is 54.1 Å². The van der Waals surface area contributed by atoms with Gasteiger partial charge in [0.15, 0.2) is 0 Å². The average Bonchev–Trinajstić information content (AvgIpc) is 3.12. The Balaban J connectivity index is 1.39. The Morgan fingerprint density at radius 3 is 2.28 bits per heavy atom. The van der Waals surface area contributed by atoms with Gasteiger partial charge in [0.2, 0.25) is 10.0 Å². The van der Waals surface area contributed by atoms with Crippen LogP contribution in [0, 0.1) is 0 Å². The predicted molar refractivity (Wildman–Crippen MR) is 113 cm³/mol. The second-order valence-electron chi connectivity index (χ2n) is 7.27. The highest BCUT2D eigenvalue weighted by atomic mass is 32.2. The number of benzene rings is 2. The van der Waals surface area contributed by atoms with E-state index < -0.39 is 10.0 Å². The highest BCUT2D eigenvalue weighted by Crippen LogP contribution is 2.25. The highest BCUT2D eigenvalue weighted by Gasteiger charge is 2.29. The van der Waals surface area contributed by atoms with Gasteiger partial charge in [0.1, 0.15) is 5.75 Å². The Bertz CT molecular complexity index is 983. The topological polar surface area (TPSA) is 70.2 Å². The van der Waals surface area contributed by atoms with E-state index >= 15 is 0 Å². The molecule has 0 bridgehead atoms. The van der Waals surface area contributed by atoms with Gasteiger partial charge >= 0.3 is 0 Å². The Morgan fingerprint density at radius 1 is 0.931 bits per heavy atom. The number of piperazine rings is 1. The Kier molecular flexibility index (Phi) is 5.36. The number of hydrogen-bond donors (Lipinski definition) is 0. The highest BCUT2D eigenvalue weighted by molar-refractivity contribution is 7.93. The van der Waals surface area contributed by atoms with Crippen molar-refractivity contribution >= 4 is 27.3 Å². The zero-order chi connectivity index (χ0) is 20.4. The molecule has 0 aliphatic carbocycles. The number of rotatable bonds is 4. The second-order valence-corrected chi connectivity index (χ2v) is 9.28. The van der Waals surface area contributed by atoms with Crippen molar-refractivity contribution in [3.8, 4) is 5.75 Å². The van der Waals surface area contributed by atoms with Crippen LogP contribution in [0.1, 0.15) is 16.8 Å². The van der Waals surface area contributed by atoms with Crippen molar-refractivity contribution in [2.45, 2.75) is 6.42 Å². The number of methoxy groups -OCH3 is 1. The maximum Gasteiger partial charge on any atom is 0.253 e. The lowest BCUT2D eigenvalue weighted by molar-refractivity contribution is 0.0747. The molecular formula is C21H25N3O4S. The number of hydrogen-bond acceptors (Lipinski definition) is 5. The molecule has 2 aromatic carbocycles. The van der Waals surface area contributed by atoms with Crippen molar-refractivity contribution in [2.75, 3.05) is 54.8 Å². The first-order valence-corrected chi connectivity index (χ1v) is 11.4. The van der Waals surface area contributed by atoms with E-state index in [2.05, 4.69) is 4.90 Å². The molecule has 2 aromatic rings. The van der Waals surface area contributed by atoms with Gasteiger partial charge in [-0.3, -0.25) is 9.10 Å². The molecular weight excluding hydrogens is 390 g/mol. The van der Waals surface area contributed by atoms with Crippen LogP contribution in [0.15, 0.2) is 48.5 Å². The SMILES string of the molecule is COc1cccc(N2CCN(C(=O)c3ccc(N4CCCS4(=O)=O)cc3)CC2)c1. The minimum absolute atomic E-state index is 0.0221. The average molecular weight is 416 g/mol. The van der Waals surface area contributed by atoms with Gasteiger partial charge in [-0.25, -0.2) is 8.42 Å². The molecule has 8 heteroatoms. The summed E-state index contributed by atoms with van der Waals surface area (Å²) in [5, 5.41) is 0. The number of ether oxygens (including phenoxy) is 1. The fourth-order valence-electron chi connectivity index (χ4n) is 3.86. The van der Waals surface area contributed by atoms with E-state index in [1.54, 1.807) is 31.4 Å². The van der Waals surface area contributed by atoms with Crippen molar-refractivity contribution in [2.24, 2.45) is 0 Å². The molecule has 7 nitrogen and oxygen atoms in total. The largest absolute Gasteiger partial charge is 0.497 e. The second kappa shape index (κ2) is 7.94. The van der Waals surface area contributed by atoms with E-state index in [1.807, 2.05) is 29.2 Å². The summed E-state index contributed by atoms with van der Waals surface area (Å²) < 4.78 is 30.8. The summed E-state index contributed by atoms with van der Waals surface area (Å²) in [5.41, 5.74) is 2.30. The lowest BCUT2D eigenvalue weighted by Crippen LogP contribution is -2.48. The Labute approximate surface area is 171 Å². The van der Waals surface area contributed by atoms with Crippen molar-refractivity contribution in [1.29, 1.82) is 0 Å². The third-order valence-corrected chi connectivity index (χ3v) is 7.36. The normalized spacial score (nSPS) is 18.7. The van der Waals surface area contributed by atoms with E-state index in [1.165, 1.54) is 4.31 Å². The minimum atomic E-state index is -3.21. The molecule has 0 unspecified atom stereocenters. The number of carbonyl (C=O) groups excluding carboxylic acids is 1. The summed E-state index contributed by atoms with van der Waals surface area (Å²) in [6.07, 6.45) is 0.639. The fourth-order valence-corrected chi connectivity index (χ4v) is 5.42. The third-order valence-electron chi connectivity index (χ3n) is 5.49. The van der Waals surface area contributed by atoms with E-state index in [-0.39, 0.29) is 11.7 Å². The van der Waals surface area contributed by atoms with Crippen molar-refractivity contribution in [1.82, 2.24) is 4.90 Å². The molecule has 1 amide bonds. The summed E-state index contributed by atoms with van der Waals surface area (Å²) in [5.74, 6) is 0.984. The van der Waals surface area contributed by atoms with Gasteiger partial charge in [-0.1, -0.05) is 6.07 Å².